The normalized spacial score (nSPS) is 18.2. The minimum absolute atomic E-state index is 0.0354. The van der Waals surface area contributed by atoms with Gasteiger partial charge in [-0.15, -0.1) is 0 Å². The maximum Gasteiger partial charge on any atom is 0.194 e. The number of phenolic OH excluding ortho intramolecular Hbond substituents is 2. The molecule has 0 radical (unpaired) electrons. The summed E-state index contributed by atoms with van der Waals surface area (Å²) < 4.78 is 22.7. The van der Waals surface area contributed by atoms with Crippen molar-refractivity contribution >= 4 is 43.1 Å². The van der Waals surface area contributed by atoms with E-state index < -0.39 is 46.4 Å². The lowest BCUT2D eigenvalue weighted by Gasteiger charge is -2.40. The summed E-state index contributed by atoms with van der Waals surface area (Å²) in [6, 6.07) is 2.48. The maximum absolute atomic E-state index is 13.5. The van der Waals surface area contributed by atoms with Crippen LogP contribution in [0, 0.1) is 0 Å². The van der Waals surface area contributed by atoms with Crippen LogP contribution in [0.3, 0.4) is 0 Å². The first-order chi connectivity index (χ1) is 19.0. The summed E-state index contributed by atoms with van der Waals surface area (Å²) in [7, 11) is 5.47. The smallest absolute Gasteiger partial charge is 0.194 e. The van der Waals surface area contributed by atoms with Crippen molar-refractivity contribution in [3.8, 4) is 34.5 Å². The van der Waals surface area contributed by atoms with Gasteiger partial charge in [0.2, 0.25) is 0 Å². The lowest BCUT2D eigenvalue weighted by Crippen LogP contribution is -2.32. The Hall–Kier alpha value is -4.28. The molecule has 5 aromatic rings. The first-order valence-electron chi connectivity index (χ1n) is 12.7. The van der Waals surface area contributed by atoms with Crippen molar-refractivity contribution in [1.29, 1.82) is 0 Å². The van der Waals surface area contributed by atoms with Crippen LogP contribution in [0.25, 0.3) is 43.1 Å². The minimum atomic E-state index is -1.10. The van der Waals surface area contributed by atoms with Crippen molar-refractivity contribution in [3.05, 3.63) is 43.7 Å². The molecule has 0 bridgehead atoms. The fraction of sp³-hybridized carbons (Fsp3) is 0.333. The molecule has 0 saturated heterocycles. The third-order valence-corrected chi connectivity index (χ3v) is 8.38. The van der Waals surface area contributed by atoms with Crippen LogP contribution in [0.4, 0.5) is 0 Å². The number of rotatable bonds is 6. The van der Waals surface area contributed by atoms with Crippen LogP contribution in [0.5, 0.6) is 34.5 Å². The Labute approximate surface area is 227 Å². The zero-order chi connectivity index (χ0) is 28.9. The van der Waals surface area contributed by atoms with Crippen LogP contribution < -0.4 is 29.8 Å². The molecule has 208 valence electrons. The molecule has 1 aliphatic rings. The van der Waals surface area contributed by atoms with Gasteiger partial charge in [-0.3, -0.25) is 9.59 Å². The highest BCUT2D eigenvalue weighted by atomic mass is 16.5. The average Bonchev–Trinajstić information content (AvgIpc) is 2.91. The first kappa shape index (κ1) is 26.0. The van der Waals surface area contributed by atoms with Gasteiger partial charge in [0.15, 0.2) is 33.9 Å². The number of ether oxygens (including phenoxy) is 4. The predicted octanol–water partition coefficient (Wildman–Crippen LogP) is 3.28. The molecular formula is C30H28O10. The number of aliphatic hydroxyl groups excluding tert-OH is 2. The van der Waals surface area contributed by atoms with Gasteiger partial charge in [0.25, 0.3) is 0 Å². The van der Waals surface area contributed by atoms with E-state index in [0.717, 1.165) is 0 Å². The van der Waals surface area contributed by atoms with E-state index in [1.807, 2.05) is 0 Å². The second-order valence-corrected chi connectivity index (χ2v) is 10.3. The van der Waals surface area contributed by atoms with Crippen LogP contribution in [0.1, 0.15) is 36.8 Å². The van der Waals surface area contributed by atoms with Gasteiger partial charge >= 0.3 is 0 Å². The molecule has 0 aromatic heterocycles. The Morgan fingerprint density at radius 3 is 1.20 bits per heavy atom. The van der Waals surface area contributed by atoms with E-state index in [1.165, 1.54) is 40.6 Å². The summed E-state index contributed by atoms with van der Waals surface area (Å²) in [6.45, 7) is 3.09. The van der Waals surface area contributed by atoms with Gasteiger partial charge in [-0.05, 0) is 24.6 Å². The van der Waals surface area contributed by atoms with Crippen LogP contribution in [-0.2, 0) is 0 Å². The van der Waals surface area contributed by atoms with Crippen molar-refractivity contribution in [2.24, 2.45) is 0 Å². The summed E-state index contributed by atoms with van der Waals surface area (Å²) in [6.07, 6.45) is -2.19. The van der Waals surface area contributed by atoms with Gasteiger partial charge in [0.1, 0.15) is 11.5 Å². The number of hydrogen-bond acceptors (Lipinski definition) is 10. The lowest BCUT2D eigenvalue weighted by molar-refractivity contribution is 0.0885. The van der Waals surface area contributed by atoms with E-state index >= 15 is 0 Å². The summed E-state index contributed by atoms with van der Waals surface area (Å²) in [5, 5.41) is 47.5. The Morgan fingerprint density at radius 2 is 0.925 bits per heavy atom. The van der Waals surface area contributed by atoms with Gasteiger partial charge in [-0.25, -0.2) is 0 Å². The minimum Gasteiger partial charge on any atom is -0.504 e. The zero-order valence-electron chi connectivity index (χ0n) is 22.7. The first-order valence-corrected chi connectivity index (χ1v) is 12.7. The Kier molecular flexibility index (Phi) is 5.59. The number of aromatic hydroxyl groups is 2. The number of benzene rings is 5. The standard InChI is InChI=1S/C30H28O10/c1-9(31)15-16(10(2)32)26-24-22-18(28(36)30(26)40-6)12(34)8-14(38-4)20(22)19-13(37-3)7-11(33)17-21(19)23(24)25(15)29(39-5)27(17)35/h7-10,15-16,31-32,35-36H,1-6H3/t9-,10+,15-,16-/m0/s1. The SMILES string of the molecule is COc1c(O)c2c(=O)cc(OC)c3c4c(OC)cc(=O)c5c(O)c(OC)c6c(c(c1[C@@H]([C@H](C)O)[C@@H]6[C@@H](C)O)c23)c54. The van der Waals surface area contributed by atoms with Crippen LogP contribution in [-0.4, -0.2) is 61.1 Å². The molecule has 10 nitrogen and oxygen atoms in total. The van der Waals surface area contributed by atoms with Crippen LogP contribution >= 0.6 is 0 Å². The molecule has 10 heteroatoms. The van der Waals surface area contributed by atoms with E-state index in [9.17, 15) is 30.0 Å². The second kappa shape index (κ2) is 8.61. The molecule has 0 amide bonds. The monoisotopic (exact) mass is 548 g/mol. The van der Waals surface area contributed by atoms with E-state index in [2.05, 4.69) is 0 Å². The molecule has 4 N–H and O–H groups in total. The third kappa shape index (κ3) is 2.89. The summed E-state index contributed by atoms with van der Waals surface area (Å²) >= 11 is 0. The van der Waals surface area contributed by atoms with Gasteiger partial charge in [-0.2, -0.15) is 0 Å². The Balaban J connectivity index is 2.18. The molecule has 0 fully saturated rings. The molecular weight excluding hydrogens is 520 g/mol. The lowest BCUT2D eigenvalue weighted by atomic mass is 9.66. The second-order valence-electron chi connectivity index (χ2n) is 10.3. The fourth-order valence-electron chi connectivity index (χ4n) is 7.05. The molecule has 5 aromatic carbocycles. The van der Waals surface area contributed by atoms with Gasteiger partial charge < -0.3 is 39.4 Å². The molecule has 0 unspecified atom stereocenters. The highest BCUT2D eigenvalue weighted by Gasteiger charge is 2.45. The number of methoxy groups -OCH3 is 4. The number of fused-ring (bicyclic) bond motifs is 1. The van der Waals surface area contributed by atoms with E-state index in [4.69, 9.17) is 18.9 Å². The topological polar surface area (TPSA) is 152 Å². The summed E-state index contributed by atoms with van der Waals surface area (Å²) in [5.41, 5.74) is -0.367. The molecule has 6 rings (SSSR count). The van der Waals surface area contributed by atoms with Crippen LogP contribution in [0.2, 0.25) is 0 Å². The van der Waals surface area contributed by atoms with Crippen molar-refractivity contribution in [2.45, 2.75) is 37.9 Å². The number of hydrogen-bond donors (Lipinski definition) is 4. The quantitative estimate of drug-likeness (QED) is 0.184. The largest absolute Gasteiger partial charge is 0.504 e. The number of aliphatic hydroxyl groups is 2. The van der Waals surface area contributed by atoms with Crippen molar-refractivity contribution in [2.75, 3.05) is 28.4 Å². The highest BCUT2D eigenvalue weighted by Crippen LogP contribution is 2.63. The summed E-state index contributed by atoms with van der Waals surface area (Å²) in [4.78, 5) is 27.0. The van der Waals surface area contributed by atoms with Gasteiger partial charge in [0, 0.05) is 56.6 Å². The van der Waals surface area contributed by atoms with Crippen molar-refractivity contribution in [1.82, 2.24) is 0 Å². The zero-order valence-corrected chi connectivity index (χ0v) is 22.7. The summed E-state index contributed by atoms with van der Waals surface area (Å²) in [5.74, 6) is -2.36. The molecule has 0 aliphatic heterocycles. The molecule has 40 heavy (non-hydrogen) atoms. The molecule has 1 aliphatic carbocycles. The average molecular weight is 549 g/mol. The van der Waals surface area contributed by atoms with Gasteiger partial charge in [0.05, 0.1) is 51.4 Å². The van der Waals surface area contributed by atoms with E-state index in [1.54, 1.807) is 13.8 Å². The van der Waals surface area contributed by atoms with E-state index in [0.29, 0.717) is 43.4 Å². The number of phenols is 2. The molecule has 0 heterocycles. The van der Waals surface area contributed by atoms with Crippen LogP contribution in [0.15, 0.2) is 21.7 Å². The van der Waals surface area contributed by atoms with Crippen molar-refractivity contribution < 1.29 is 39.4 Å². The molecule has 4 atom stereocenters. The molecule has 0 spiro atoms. The molecule has 0 saturated carbocycles. The van der Waals surface area contributed by atoms with E-state index in [-0.39, 0.29) is 33.8 Å². The van der Waals surface area contributed by atoms with Crippen molar-refractivity contribution in [3.63, 3.8) is 0 Å². The predicted molar refractivity (Wildman–Crippen MR) is 150 cm³/mol. The maximum atomic E-state index is 13.5. The third-order valence-electron chi connectivity index (χ3n) is 8.38. The fourth-order valence-corrected chi connectivity index (χ4v) is 7.05. The van der Waals surface area contributed by atoms with Gasteiger partial charge in [-0.1, -0.05) is 0 Å². The Bertz CT molecular complexity index is 1840. The highest BCUT2D eigenvalue weighted by molar-refractivity contribution is 6.39. The Morgan fingerprint density at radius 1 is 0.575 bits per heavy atom.